The molecule has 0 saturated heterocycles. The monoisotopic (exact) mass is 328 g/mol. The smallest absolute Gasteiger partial charge is 0.0788 e. The maximum atomic E-state index is 10.0. The van der Waals surface area contributed by atoms with Crippen LogP contribution in [0.3, 0.4) is 0 Å². The van der Waals surface area contributed by atoms with Gasteiger partial charge in [-0.3, -0.25) is 0 Å². The number of nitrogens with zero attached hydrogens (tertiary/aromatic N) is 1. The number of rotatable bonds is 15. The Balaban J connectivity index is 3.47. The van der Waals surface area contributed by atoms with Crippen molar-refractivity contribution in [1.82, 2.24) is 0 Å². The summed E-state index contributed by atoms with van der Waals surface area (Å²) >= 11 is 0. The highest BCUT2D eigenvalue weighted by molar-refractivity contribution is 5.92. The minimum absolute atomic E-state index is 0.359. The fourth-order valence-corrected chi connectivity index (χ4v) is 2.80. The van der Waals surface area contributed by atoms with E-state index in [0.717, 1.165) is 12.8 Å². The van der Waals surface area contributed by atoms with Crippen LogP contribution in [0.2, 0.25) is 0 Å². The molecule has 0 aromatic heterocycles. The molecule has 0 rings (SSSR count). The molecule has 138 valence electrons. The maximum absolute atomic E-state index is 10.0. The Morgan fingerprint density at radius 3 is 1.74 bits per heavy atom. The molecule has 0 aromatic rings. The van der Waals surface area contributed by atoms with Gasteiger partial charge in [0.2, 0.25) is 0 Å². The highest BCUT2D eigenvalue weighted by atomic mass is 16.4. The van der Waals surface area contributed by atoms with Gasteiger partial charge in [-0.1, -0.05) is 82.7 Å². The molecule has 0 spiro atoms. The van der Waals surface area contributed by atoms with E-state index in [9.17, 15) is 5.11 Å². The molecule has 0 aliphatic heterocycles. The summed E-state index contributed by atoms with van der Waals surface area (Å²) in [7, 11) is 0. The number of hydrogen-bond acceptors (Lipinski definition) is 4. The topological polar surface area (TPSA) is 78.8 Å². The van der Waals surface area contributed by atoms with Crippen LogP contribution >= 0.6 is 0 Å². The van der Waals surface area contributed by atoms with Crippen LogP contribution in [0.5, 0.6) is 0 Å². The summed E-state index contributed by atoms with van der Waals surface area (Å²) in [6.07, 6.45) is 15.0. The first-order valence-electron chi connectivity index (χ1n) is 9.60. The van der Waals surface area contributed by atoms with Crippen LogP contribution in [0.15, 0.2) is 5.16 Å². The summed E-state index contributed by atoms with van der Waals surface area (Å²) in [4.78, 5) is 0. The largest absolute Gasteiger partial charge is 0.411 e. The average molecular weight is 329 g/mol. The summed E-state index contributed by atoms with van der Waals surface area (Å²) in [5, 5.41) is 22.2. The second kappa shape index (κ2) is 13.8. The summed E-state index contributed by atoms with van der Waals surface area (Å²) < 4.78 is 0. The van der Waals surface area contributed by atoms with E-state index in [0.29, 0.717) is 12.1 Å². The Kier molecular flexibility index (Phi) is 13.4. The second-order valence-corrected chi connectivity index (χ2v) is 7.45. The molecule has 0 amide bonds. The number of nitrogens with two attached hydrogens (primary N) is 1. The normalized spacial score (nSPS) is 14.2. The van der Waals surface area contributed by atoms with Gasteiger partial charge in [0, 0.05) is 6.42 Å². The third-order valence-corrected chi connectivity index (χ3v) is 4.43. The first-order valence-corrected chi connectivity index (χ1v) is 9.60. The van der Waals surface area contributed by atoms with Gasteiger partial charge >= 0.3 is 0 Å². The van der Waals surface area contributed by atoms with Gasteiger partial charge in [-0.15, -0.1) is 0 Å². The van der Waals surface area contributed by atoms with E-state index in [1.807, 2.05) is 0 Å². The molecule has 0 fully saturated rings. The van der Waals surface area contributed by atoms with Crippen LogP contribution in [0.4, 0.5) is 0 Å². The van der Waals surface area contributed by atoms with Crippen molar-refractivity contribution in [2.24, 2.45) is 10.9 Å². The second-order valence-electron chi connectivity index (χ2n) is 7.45. The van der Waals surface area contributed by atoms with Crippen molar-refractivity contribution in [2.45, 2.75) is 116 Å². The number of unbranched alkanes of at least 4 members (excludes halogenated alkanes) is 10. The molecular weight excluding hydrogens is 288 g/mol. The third-order valence-electron chi connectivity index (χ3n) is 4.43. The van der Waals surface area contributed by atoms with Crippen LogP contribution in [-0.2, 0) is 0 Å². The van der Waals surface area contributed by atoms with E-state index in [1.54, 1.807) is 13.8 Å². The SMILES string of the molecule is CCCCCCCCCCCCCC(O)CC(=NO)C(C)(C)N. The van der Waals surface area contributed by atoms with E-state index in [1.165, 1.54) is 64.2 Å². The van der Waals surface area contributed by atoms with Crippen LogP contribution in [0.25, 0.3) is 0 Å². The van der Waals surface area contributed by atoms with Gasteiger partial charge in [-0.2, -0.15) is 0 Å². The van der Waals surface area contributed by atoms with E-state index in [-0.39, 0.29) is 0 Å². The van der Waals surface area contributed by atoms with Crippen molar-refractivity contribution >= 4 is 5.71 Å². The fourth-order valence-electron chi connectivity index (χ4n) is 2.80. The van der Waals surface area contributed by atoms with Gasteiger partial charge in [0.15, 0.2) is 0 Å². The lowest BCUT2D eigenvalue weighted by molar-refractivity contribution is 0.164. The standard InChI is InChI=1S/C19H40N2O2/c1-4-5-6-7-8-9-10-11-12-13-14-15-17(22)16-18(21-23)19(2,3)20/h17,22-23H,4-16,20H2,1-3H3. The lowest BCUT2D eigenvalue weighted by Crippen LogP contribution is -2.43. The van der Waals surface area contributed by atoms with Gasteiger partial charge < -0.3 is 16.0 Å². The highest BCUT2D eigenvalue weighted by Crippen LogP contribution is 2.15. The van der Waals surface area contributed by atoms with Crippen molar-refractivity contribution in [3.8, 4) is 0 Å². The molecule has 0 radical (unpaired) electrons. The Bertz CT molecular complexity index is 298. The van der Waals surface area contributed by atoms with E-state index in [4.69, 9.17) is 10.9 Å². The summed E-state index contributed by atoms with van der Waals surface area (Å²) in [5.74, 6) is 0. The Labute approximate surface area is 143 Å². The number of aliphatic hydroxyl groups is 1. The zero-order valence-electron chi connectivity index (χ0n) is 15.7. The zero-order chi connectivity index (χ0) is 17.6. The molecule has 0 bridgehead atoms. The van der Waals surface area contributed by atoms with Crippen LogP contribution in [0.1, 0.15) is 104 Å². The predicted molar refractivity (Wildman–Crippen MR) is 99.2 cm³/mol. The zero-order valence-corrected chi connectivity index (χ0v) is 15.7. The van der Waals surface area contributed by atoms with Gasteiger partial charge in [0.05, 0.1) is 17.4 Å². The maximum Gasteiger partial charge on any atom is 0.0788 e. The third kappa shape index (κ3) is 13.5. The molecule has 4 N–H and O–H groups in total. The van der Waals surface area contributed by atoms with Gasteiger partial charge in [0.25, 0.3) is 0 Å². The molecular formula is C19H40N2O2. The molecule has 0 aliphatic rings. The van der Waals surface area contributed by atoms with E-state index >= 15 is 0 Å². The van der Waals surface area contributed by atoms with Crippen molar-refractivity contribution in [1.29, 1.82) is 0 Å². The minimum Gasteiger partial charge on any atom is -0.411 e. The van der Waals surface area contributed by atoms with Gasteiger partial charge in [0.1, 0.15) is 0 Å². The Morgan fingerprint density at radius 1 is 0.913 bits per heavy atom. The molecule has 0 heterocycles. The number of oxime groups is 1. The first kappa shape index (κ1) is 22.4. The van der Waals surface area contributed by atoms with Crippen LogP contribution in [0, 0.1) is 0 Å². The summed E-state index contributed by atoms with van der Waals surface area (Å²) in [5.41, 5.74) is 5.69. The van der Waals surface area contributed by atoms with Crippen molar-refractivity contribution in [3.05, 3.63) is 0 Å². The van der Waals surface area contributed by atoms with Gasteiger partial charge in [-0.05, 0) is 20.3 Å². The van der Waals surface area contributed by atoms with Crippen molar-refractivity contribution in [3.63, 3.8) is 0 Å². The molecule has 0 aliphatic carbocycles. The molecule has 1 unspecified atom stereocenters. The average Bonchev–Trinajstić information content (AvgIpc) is 2.49. The molecule has 0 saturated carbocycles. The molecule has 4 nitrogen and oxygen atoms in total. The molecule has 4 heteroatoms. The summed E-state index contributed by atoms with van der Waals surface area (Å²) in [6.45, 7) is 5.83. The summed E-state index contributed by atoms with van der Waals surface area (Å²) in [6, 6.07) is 0. The Hall–Kier alpha value is -0.610. The lowest BCUT2D eigenvalue weighted by atomic mass is 9.93. The molecule has 23 heavy (non-hydrogen) atoms. The molecule has 1 atom stereocenters. The number of aliphatic hydroxyl groups excluding tert-OH is 1. The lowest BCUT2D eigenvalue weighted by Gasteiger charge is -2.22. The first-order chi connectivity index (χ1) is 10.9. The number of hydrogen-bond donors (Lipinski definition) is 3. The van der Waals surface area contributed by atoms with Crippen LogP contribution < -0.4 is 5.73 Å². The van der Waals surface area contributed by atoms with Crippen molar-refractivity contribution in [2.75, 3.05) is 0 Å². The minimum atomic E-state index is -0.674. The van der Waals surface area contributed by atoms with E-state index < -0.39 is 11.6 Å². The van der Waals surface area contributed by atoms with Gasteiger partial charge in [-0.25, -0.2) is 0 Å². The fraction of sp³-hybridized carbons (Fsp3) is 0.947. The van der Waals surface area contributed by atoms with E-state index in [2.05, 4.69) is 12.1 Å². The van der Waals surface area contributed by atoms with Crippen LogP contribution in [-0.4, -0.2) is 27.7 Å². The predicted octanol–water partition coefficient (Wildman–Crippen LogP) is 5.01. The highest BCUT2D eigenvalue weighted by Gasteiger charge is 2.22. The molecule has 0 aromatic carbocycles. The van der Waals surface area contributed by atoms with Crippen molar-refractivity contribution < 1.29 is 10.3 Å². The quantitative estimate of drug-likeness (QED) is 0.171. The Morgan fingerprint density at radius 2 is 1.35 bits per heavy atom.